The van der Waals surface area contributed by atoms with Gasteiger partial charge in [-0.3, -0.25) is 0 Å². The molecule has 0 saturated heterocycles. The number of carboxylic acid groups (broad SMARTS) is 1. The Kier molecular flexibility index (Phi) is 4.97. The van der Waals surface area contributed by atoms with Gasteiger partial charge in [-0.2, -0.15) is 0 Å². The number of carbonyl (C=O) groups is 1. The molecule has 0 radical (unpaired) electrons. The summed E-state index contributed by atoms with van der Waals surface area (Å²) in [5, 5.41) is 27.5. The zero-order valence-corrected chi connectivity index (χ0v) is 9.53. The summed E-state index contributed by atoms with van der Waals surface area (Å²) in [7, 11) is 0. The summed E-state index contributed by atoms with van der Waals surface area (Å²) in [4.78, 5) is 10.8. The average molecular weight is 216 g/mol. The Morgan fingerprint density at radius 2 is 1.60 bits per heavy atom. The highest BCUT2D eigenvalue weighted by atomic mass is 16.4. The summed E-state index contributed by atoms with van der Waals surface area (Å²) in [5.41, 5.74) is -0.738. The number of aliphatic carboxylic acids is 1. The van der Waals surface area contributed by atoms with Crippen LogP contribution in [0.1, 0.15) is 33.6 Å². The highest BCUT2D eigenvalue weighted by Gasteiger charge is 2.34. The molecule has 0 rings (SSSR count). The van der Waals surface area contributed by atoms with E-state index in [0.29, 0.717) is 0 Å². The smallest absolute Gasteiger partial charge is 0.331 e. The quantitative estimate of drug-likeness (QED) is 0.582. The van der Waals surface area contributed by atoms with Crippen molar-refractivity contribution in [3.8, 4) is 0 Å². The first-order chi connectivity index (χ1) is 6.69. The van der Waals surface area contributed by atoms with Gasteiger partial charge >= 0.3 is 5.97 Å². The molecular weight excluding hydrogens is 196 g/mol. The molecule has 3 N–H and O–H groups in total. The van der Waals surface area contributed by atoms with Crippen LogP contribution in [-0.2, 0) is 4.79 Å². The minimum Gasteiger partial charge on any atom is -0.478 e. The van der Waals surface area contributed by atoms with Gasteiger partial charge in [0, 0.05) is 11.0 Å². The molecule has 0 aliphatic heterocycles. The van der Waals surface area contributed by atoms with Crippen LogP contribution in [0.25, 0.3) is 0 Å². The van der Waals surface area contributed by atoms with Crippen LogP contribution in [0.5, 0.6) is 0 Å². The Hall–Kier alpha value is -0.870. The Bertz CT molecular complexity index is 233. The molecule has 0 aliphatic carbocycles. The topological polar surface area (TPSA) is 77.8 Å². The first kappa shape index (κ1) is 14.1. The largest absolute Gasteiger partial charge is 0.478 e. The zero-order valence-electron chi connectivity index (χ0n) is 9.53. The molecule has 4 nitrogen and oxygen atoms in total. The third-order valence-electron chi connectivity index (χ3n) is 2.48. The minimum atomic E-state index is -1.08. The summed E-state index contributed by atoms with van der Waals surface area (Å²) >= 11 is 0. The maximum absolute atomic E-state index is 10.8. The lowest BCUT2D eigenvalue weighted by atomic mass is 9.74. The lowest BCUT2D eigenvalue weighted by Crippen LogP contribution is -2.31. The molecule has 0 saturated carbocycles. The van der Waals surface area contributed by atoms with Crippen molar-refractivity contribution in [2.24, 2.45) is 5.41 Å². The molecule has 0 heterocycles. The maximum atomic E-state index is 10.8. The number of hydrogen-bond donors (Lipinski definition) is 3. The van der Waals surface area contributed by atoms with E-state index in [-0.39, 0.29) is 18.4 Å². The molecule has 0 amide bonds. The number of aliphatic hydroxyl groups excluding tert-OH is 2. The van der Waals surface area contributed by atoms with Crippen LogP contribution in [0.3, 0.4) is 0 Å². The van der Waals surface area contributed by atoms with E-state index in [1.165, 1.54) is 0 Å². The zero-order chi connectivity index (χ0) is 12.2. The molecule has 0 aromatic rings. The van der Waals surface area contributed by atoms with Gasteiger partial charge in [0.2, 0.25) is 0 Å². The van der Waals surface area contributed by atoms with Crippen LogP contribution < -0.4 is 0 Å². The Morgan fingerprint density at radius 1 is 1.27 bits per heavy atom. The van der Waals surface area contributed by atoms with E-state index < -0.39 is 23.6 Å². The normalized spacial score (nSPS) is 19.0. The van der Waals surface area contributed by atoms with E-state index >= 15 is 0 Å². The van der Waals surface area contributed by atoms with E-state index in [1.54, 1.807) is 20.8 Å². The third-order valence-corrected chi connectivity index (χ3v) is 2.48. The van der Waals surface area contributed by atoms with Crippen LogP contribution in [0, 0.1) is 5.41 Å². The van der Waals surface area contributed by atoms with Gasteiger partial charge in [-0.15, -0.1) is 0 Å². The molecule has 0 spiro atoms. The van der Waals surface area contributed by atoms with Crippen molar-refractivity contribution in [1.29, 1.82) is 0 Å². The molecule has 4 heteroatoms. The first-order valence-electron chi connectivity index (χ1n) is 4.98. The fourth-order valence-corrected chi connectivity index (χ4v) is 1.89. The lowest BCUT2D eigenvalue weighted by molar-refractivity contribution is -0.134. The highest BCUT2D eigenvalue weighted by molar-refractivity contribution is 5.87. The van der Waals surface area contributed by atoms with Gasteiger partial charge in [0.15, 0.2) is 0 Å². The van der Waals surface area contributed by atoms with Crippen LogP contribution in [-0.4, -0.2) is 33.5 Å². The van der Waals surface area contributed by atoms with Crippen molar-refractivity contribution < 1.29 is 20.1 Å². The second kappa shape index (κ2) is 5.28. The number of aliphatic hydroxyl groups is 2. The average Bonchev–Trinajstić information content (AvgIpc) is 1.99. The van der Waals surface area contributed by atoms with Crippen molar-refractivity contribution in [1.82, 2.24) is 0 Å². The van der Waals surface area contributed by atoms with Gasteiger partial charge in [0.1, 0.15) is 0 Å². The van der Waals surface area contributed by atoms with Crippen molar-refractivity contribution in [3.63, 3.8) is 0 Å². The van der Waals surface area contributed by atoms with Gasteiger partial charge in [0.25, 0.3) is 0 Å². The van der Waals surface area contributed by atoms with Crippen LogP contribution in [0.15, 0.2) is 12.2 Å². The molecule has 0 aromatic carbocycles. The number of hydrogen-bond acceptors (Lipinski definition) is 3. The molecule has 0 fully saturated rings. The summed E-state index contributed by atoms with van der Waals surface area (Å²) in [5.74, 6) is -1.08. The predicted molar refractivity (Wildman–Crippen MR) is 57.5 cm³/mol. The van der Waals surface area contributed by atoms with Crippen molar-refractivity contribution in [3.05, 3.63) is 12.2 Å². The van der Waals surface area contributed by atoms with Crippen molar-refractivity contribution >= 4 is 5.97 Å². The molecule has 15 heavy (non-hydrogen) atoms. The predicted octanol–water partition coefficient (Wildman–Crippen LogP) is 1.18. The molecular formula is C11H20O4. The summed E-state index contributed by atoms with van der Waals surface area (Å²) in [6.45, 7) is 8.39. The summed E-state index contributed by atoms with van der Waals surface area (Å²) in [6.07, 6.45) is -0.679. The third kappa shape index (κ3) is 4.44. The molecule has 0 aromatic heterocycles. The van der Waals surface area contributed by atoms with Crippen LogP contribution in [0.2, 0.25) is 0 Å². The maximum Gasteiger partial charge on any atom is 0.331 e. The van der Waals surface area contributed by atoms with E-state index in [2.05, 4.69) is 6.58 Å². The van der Waals surface area contributed by atoms with Gasteiger partial charge in [-0.1, -0.05) is 13.5 Å². The lowest BCUT2D eigenvalue weighted by Gasteiger charge is -2.32. The Labute approximate surface area is 90.2 Å². The standard InChI is InChI=1S/C11H20O4/c1-7(12)5-11(4,6-8(2)13)9(3)10(14)15/h7-8,12-13H,3,5-6H2,1-2,4H3,(H,14,15). The highest BCUT2D eigenvalue weighted by Crippen LogP contribution is 2.36. The van der Waals surface area contributed by atoms with E-state index in [1.807, 2.05) is 0 Å². The molecule has 88 valence electrons. The monoisotopic (exact) mass is 216 g/mol. The fraction of sp³-hybridized carbons (Fsp3) is 0.727. The van der Waals surface area contributed by atoms with Crippen molar-refractivity contribution in [2.45, 2.75) is 45.8 Å². The van der Waals surface area contributed by atoms with Gasteiger partial charge < -0.3 is 15.3 Å². The molecule has 2 atom stereocenters. The number of carboxylic acids is 1. The van der Waals surface area contributed by atoms with Crippen molar-refractivity contribution in [2.75, 3.05) is 0 Å². The molecule has 0 aliphatic rings. The van der Waals surface area contributed by atoms with E-state index in [0.717, 1.165) is 0 Å². The van der Waals surface area contributed by atoms with Gasteiger partial charge in [0.05, 0.1) is 12.2 Å². The summed E-state index contributed by atoms with van der Waals surface area (Å²) < 4.78 is 0. The summed E-state index contributed by atoms with van der Waals surface area (Å²) in [6, 6.07) is 0. The molecule has 2 unspecified atom stereocenters. The number of rotatable bonds is 6. The molecule has 0 bridgehead atoms. The Morgan fingerprint density at radius 3 is 1.80 bits per heavy atom. The van der Waals surface area contributed by atoms with Gasteiger partial charge in [-0.25, -0.2) is 4.79 Å². The van der Waals surface area contributed by atoms with Gasteiger partial charge in [-0.05, 0) is 26.7 Å². The van der Waals surface area contributed by atoms with E-state index in [4.69, 9.17) is 5.11 Å². The SMILES string of the molecule is C=C(C(=O)O)C(C)(CC(C)O)CC(C)O. The van der Waals surface area contributed by atoms with E-state index in [9.17, 15) is 15.0 Å². The van der Waals surface area contributed by atoms with Crippen LogP contribution in [0.4, 0.5) is 0 Å². The van der Waals surface area contributed by atoms with Crippen LogP contribution >= 0.6 is 0 Å². The fourth-order valence-electron chi connectivity index (χ4n) is 1.89. The second-order valence-electron chi connectivity index (χ2n) is 4.45. The second-order valence-corrected chi connectivity index (χ2v) is 4.45. The first-order valence-corrected chi connectivity index (χ1v) is 4.98. The minimum absolute atomic E-state index is 0.0318. The Balaban J connectivity index is 4.84.